The molecule has 23 heavy (non-hydrogen) atoms. The number of fused-ring (bicyclic) bond motifs is 1. The predicted octanol–water partition coefficient (Wildman–Crippen LogP) is 3.16. The minimum absolute atomic E-state index is 0.0606. The molecular formula is C18H22O5. The van der Waals surface area contributed by atoms with Crippen molar-refractivity contribution in [2.75, 3.05) is 13.2 Å². The van der Waals surface area contributed by atoms with Crippen molar-refractivity contribution in [2.24, 2.45) is 0 Å². The number of aliphatic hydroxyl groups is 1. The van der Waals surface area contributed by atoms with E-state index in [1.54, 1.807) is 18.2 Å². The minimum atomic E-state index is -0.557. The molecule has 5 heteroatoms. The highest BCUT2D eigenvalue weighted by Gasteiger charge is 2.15. The Morgan fingerprint density at radius 3 is 2.78 bits per heavy atom. The second-order valence-electron chi connectivity index (χ2n) is 5.61. The average Bonchev–Trinajstić information content (AvgIpc) is 2.51. The molecule has 0 radical (unpaired) electrons. The Hall–Kier alpha value is -2.27. The maximum absolute atomic E-state index is 12.2. The third-order valence-corrected chi connectivity index (χ3v) is 3.49. The van der Waals surface area contributed by atoms with E-state index < -0.39 is 5.63 Å². The fraction of sp³-hybridized carbons (Fsp3) is 0.389. The maximum Gasteiger partial charge on any atom is 0.343 e. The number of allylic oxidation sites excluding steroid dienone is 2. The van der Waals surface area contributed by atoms with Crippen molar-refractivity contribution < 1.29 is 19.4 Å². The molecule has 0 aliphatic heterocycles. The van der Waals surface area contributed by atoms with Gasteiger partial charge in [-0.2, -0.15) is 0 Å². The predicted molar refractivity (Wildman–Crippen MR) is 89.1 cm³/mol. The fourth-order valence-electron chi connectivity index (χ4n) is 2.22. The normalized spacial score (nSPS) is 10.7. The van der Waals surface area contributed by atoms with Crippen molar-refractivity contribution in [1.29, 1.82) is 0 Å². The molecule has 2 N–H and O–H groups in total. The number of aliphatic hydroxyl groups excluding tert-OH is 1. The highest BCUT2D eigenvalue weighted by atomic mass is 16.5. The van der Waals surface area contributed by atoms with E-state index in [9.17, 15) is 9.90 Å². The first-order valence-electron chi connectivity index (χ1n) is 7.69. The zero-order valence-electron chi connectivity index (χ0n) is 13.5. The van der Waals surface area contributed by atoms with Crippen LogP contribution in [0.1, 0.15) is 32.3 Å². The molecule has 1 aromatic heterocycles. The van der Waals surface area contributed by atoms with Crippen LogP contribution in [-0.2, 0) is 6.42 Å². The molecular weight excluding hydrogens is 296 g/mol. The molecule has 0 aliphatic carbocycles. The van der Waals surface area contributed by atoms with E-state index in [0.717, 1.165) is 5.57 Å². The summed E-state index contributed by atoms with van der Waals surface area (Å²) in [6.45, 7) is 4.38. The van der Waals surface area contributed by atoms with Crippen molar-refractivity contribution in [3.8, 4) is 11.5 Å². The lowest BCUT2D eigenvalue weighted by atomic mass is 10.1. The lowest BCUT2D eigenvalue weighted by Gasteiger charge is -2.10. The molecule has 0 amide bonds. The fourth-order valence-corrected chi connectivity index (χ4v) is 2.22. The molecule has 0 saturated heterocycles. The summed E-state index contributed by atoms with van der Waals surface area (Å²) in [5, 5.41) is 19.6. The molecule has 0 bridgehead atoms. The van der Waals surface area contributed by atoms with Crippen LogP contribution in [-0.4, -0.2) is 23.4 Å². The van der Waals surface area contributed by atoms with Gasteiger partial charge in [-0.1, -0.05) is 17.7 Å². The Bertz CT molecular complexity index is 754. The van der Waals surface area contributed by atoms with Crippen LogP contribution < -0.4 is 10.4 Å². The van der Waals surface area contributed by atoms with Gasteiger partial charge in [0.15, 0.2) is 11.3 Å². The number of rotatable bonds is 7. The van der Waals surface area contributed by atoms with Gasteiger partial charge in [0.05, 0.1) is 17.6 Å². The Morgan fingerprint density at radius 1 is 1.30 bits per heavy atom. The summed E-state index contributed by atoms with van der Waals surface area (Å²) < 4.78 is 11.0. The summed E-state index contributed by atoms with van der Waals surface area (Å²) in [6, 6.07) is 5.13. The van der Waals surface area contributed by atoms with Crippen LogP contribution in [0.15, 0.2) is 39.1 Å². The minimum Gasteiger partial charge on any atom is -0.507 e. The molecule has 0 unspecified atom stereocenters. The quantitative estimate of drug-likeness (QED) is 0.466. The molecule has 0 fully saturated rings. The number of hydrogen-bond donors (Lipinski definition) is 2. The lowest BCUT2D eigenvalue weighted by molar-refractivity contribution is 0.253. The number of aromatic hydroxyl groups is 1. The lowest BCUT2D eigenvalue weighted by Crippen LogP contribution is -2.08. The zero-order chi connectivity index (χ0) is 16.8. The molecule has 0 aliphatic rings. The number of para-hydroxylation sites is 1. The second-order valence-corrected chi connectivity index (χ2v) is 5.61. The number of ether oxygens (including phenoxy) is 1. The van der Waals surface area contributed by atoms with Gasteiger partial charge in [-0.3, -0.25) is 0 Å². The summed E-state index contributed by atoms with van der Waals surface area (Å²) in [5.41, 5.74) is 1.000. The van der Waals surface area contributed by atoms with Crippen LogP contribution in [0.25, 0.3) is 11.0 Å². The van der Waals surface area contributed by atoms with Crippen LogP contribution in [0.2, 0.25) is 0 Å². The van der Waals surface area contributed by atoms with E-state index >= 15 is 0 Å². The summed E-state index contributed by atoms with van der Waals surface area (Å²) in [5.74, 6) is 0.358. The van der Waals surface area contributed by atoms with Crippen LogP contribution in [0.4, 0.5) is 0 Å². The first-order valence-corrected chi connectivity index (χ1v) is 7.69. The van der Waals surface area contributed by atoms with Crippen LogP contribution in [0.3, 0.4) is 0 Å². The van der Waals surface area contributed by atoms with E-state index in [1.807, 2.05) is 19.9 Å². The van der Waals surface area contributed by atoms with Gasteiger partial charge in [-0.05, 0) is 38.8 Å². The summed E-state index contributed by atoms with van der Waals surface area (Å²) >= 11 is 0. The van der Waals surface area contributed by atoms with Gasteiger partial charge in [0.2, 0.25) is 0 Å². The van der Waals surface area contributed by atoms with Crippen molar-refractivity contribution in [1.82, 2.24) is 0 Å². The van der Waals surface area contributed by atoms with Crippen molar-refractivity contribution in [3.63, 3.8) is 0 Å². The third-order valence-electron chi connectivity index (χ3n) is 3.49. The molecule has 1 heterocycles. The van der Waals surface area contributed by atoms with Crippen molar-refractivity contribution >= 4 is 11.0 Å². The van der Waals surface area contributed by atoms with Crippen LogP contribution in [0, 0.1) is 0 Å². The van der Waals surface area contributed by atoms with Gasteiger partial charge in [-0.25, -0.2) is 4.79 Å². The third kappa shape index (κ3) is 4.13. The highest BCUT2D eigenvalue weighted by molar-refractivity contribution is 5.88. The van der Waals surface area contributed by atoms with Crippen molar-refractivity contribution in [3.05, 3.63) is 45.8 Å². The van der Waals surface area contributed by atoms with E-state index in [2.05, 4.69) is 0 Å². The highest BCUT2D eigenvalue weighted by Crippen LogP contribution is 2.32. The average molecular weight is 318 g/mol. The Kier molecular flexibility index (Phi) is 5.82. The Balaban J connectivity index is 2.39. The van der Waals surface area contributed by atoms with Gasteiger partial charge in [0.25, 0.3) is 0 Å². The largest absolute Gasteiger partial charge is 0.507 e. The summed E-state index contributed by atoms with van der Waals surface area (Å²) in [7, 11) is 0. The first-order chi connectivity index (χ1) is 11.0. The van der Waals surface area contributed by atoms with Gasteiger partial charge >= 0.3 is 5.63 Å². The van der Waals surface area contributed by atoms with Crippen LogP contribution >= 0.6 is 0 Å². The van der Waals surface area contributed by atoms with E-state index in [4.69, 9.17) is 14.3 Å². The number of unbranched alkanes of at least 4 members (excludes halogenated alkanes) is 1. The Morgan fingerprint density at radius 2 is 2.09 bits per heavy atom. The molecule has 1 aromatic carbocycles. The van der Waals surface area contributed by atoms with Gasteiger partial charge in [0, 0.05) is 13.0 Å². The number of benzene rings is 1. The first kappa shape index (κ1) is 17.1. The maximum atomic E-state index is 12.2. The van der Waals surface area contributed by atoms with Crippen molar-refractivity contribution in [2.45, 2.75) is 33.1 Å². The topological polar surface area (TPSA) is 79.9 Å². The zero-order valence-corrected chi connectivity index (χ0v) is 13.5. The molecule has 0 spiro atoms. The van der Waals surface area contributed by atoms with E-state index in [1.165, 1.54) is 0 Å². The molecule has 2 aromatic rings. The van der Waals surface area contributed by atoms with Gasteiger partial charge < -0.3 is 19.4 Å². The Labute approximate surface area is 134 Å². The smallest absolute Gasteiger partial charge is 0.343 e. The SMILES string of the molecule is CC(C)=CCc1c(O)c2cccc(OCCCCO)c2oc1=O. The monoisotopic (exact) mass is 318 g/mol. The second kappa shape index (κ2) is 7.83. The molecule has 0 atom stereocenters. The van der Waals surface area contributed by atoms with E-state index in [0.29, 0.717) is 37.0 Å². The van der Waals surface area contributed by atoms with E-state index in [-0.39, 0.29) is 23.5 Å². The summed E-state index contributed by atoms with van der Waals surface area (Å²) in [6.07, 6.45) is 3.54. The molecule has 5 nitrogen and oxygen atoms in total. The molecule has 0 saturated carbocycles. The standard InChI is InChI=1S/C18H22O5/c1-12(2)8-9-14-16(20)13-6-5-7-15(17(13)23-18(14)21)22-11-4-3-10-19/h5-8,19-20H,3-4,9-11H2,1-2H3. The number of hydrogen-bond acceptors (Lipinski definition) is 5. The van der Waals surface area contributed by atoms with Gasteiger partial charge in [-0.15, -0.1) is 0 Å². The van der Waals surface area contributed by atoms with Gasteiger partial charge in [0.1, 0.15) is 5.75 Å². The van der Waals surface area contributed by atoms with Crippen LogP contribution in [0.5, 0.6) is 11.5 Å². The summed E-state index contributed by atoms with van der Waals surface area (Å²) in [4.78, 5) is 12.2. The molecule has 2 rings (SSSR count). The molecule has 124 valence electrons.